The number of piperazine rings is 1. The van der Waals surface area contributed by atoms with Crippen molar-refractivity contribution in [1.82, 2.24) is 15.2 Å². The topological polar surface area (TPSA) is 82.5 Å². The maximum absolute atomic E-state index is 11.3. The Labute approximate surface area is 98.3 Å². The molecule has 0 spiro atoms. The minimum atomic E-state index is -0.930. The Kier molecular flexibility index (Phi) is 3.34. The molecule has 1 atom stereocenters. The number of aliphatic carboxylic acids is 1. The van der Waals surface area contributed by atoms with Gasteiger partial charge in [0.2, 0.25) is 5.91 Å². The minimum Gasteiger partial charge on any atom is -0.480 e. The van der Waals surface area contributed by atoms with Crippen LogP contribution in [0.15, 0.2) is 24.4 Å². The summed E-state index contributed by atoms with van der Waals surface area (Å²) in [5.41, 5.74) is 0.758. The van der Waals surface area contributed by atoms with E-state index in [4.69, 9.17) is 5.11 Å². The first-order valence-corrected chi connectivity index (χ1v) is 5.30. The molecule has 2 heterocycles. The Morgan fingerprint density at radius 2 is 2.41 bits per heavy atom. The highest BCUT2D eigenvalue weighted by Gasteiger charge is 2.31. The van der Waals surface area contributed by atoms with E-state index < -0.39 is 12.0 Å². The van der Waals surface area contributed by atoms with Gasteiger partial charge in [0.25, 0.3) is 0 Å². The van der Waals surface area contributed by atoms with Gasteiger partial charge in [-0.2, -0.15) is 0 Å². The summed E-state index contributed by atoms with van der Waals surface area (Å²) in [6, 6.07) is 4.75. The molecular formula is C11H13N3O3. The number of pyridine rings is 1. The molecule has 0 radical (unpaired) electrons. The minimum absolute atomic E-state index is 0.0908. The van der Waals surface area contributed by atoms with Crippen LogP contribution in [0.3, 0.4) is 0 Å². The molecule has 1 unspecified atom stereocenters. The largest absolute Gasteiger partial charge is 0.480 e. The van der Waals surface area contributed by atoms with E-state index in [1.807, 2.05) is 12.1 Å². The number of amides is 1. The predicted octanol–water partition coefficient (Wildman–Crippen LogP) is -0.533. The summed E-state index contributed by atoms with van der Waals surface area (Å²) in [5, 5.41) is 11.6. The maximum Gasteiger partial charge on any atom is 0.322 e. The Morgan fingerprint density at radius 3 is 3.06 bits per heavy atom. The Bertz CT molecular complexity index is 421. The molecule has 2 rings (SSSR count). The van der Waals surface area contributed by atoms with Crippen LogP contribution in [0, 0.1) is 0 Å². The molecule has 0 aromatic carbocycles. The second-order valence-electron chi connectivity index (χ2n) is 3.88. The van der Waals surface area contributed by atoms with Crippen molar-refractivity contribution in [2.45, 2.75) is 12.6 Å². The summed E-state index contributed by atoms with van der Waals surface area (Å²) >= 11 is 0. The van der Waals surface area contributed by atoms with Gasteiger partial charge in [-0.3, -0.25) is 19.5 Å². The van der Waals surface area contributed by atoms with E-state index in [1.165, 1.54) is 0 Å². The Morgan fingerprint density at radius 1 is 1.59 bits per heavy atom. The van der Waals surface area contributed by atoms with Gasteiger partial charge < -0.3 is 10.4 Å². The zero-order valence-corrected chi connectivity index (χ0v) is 9.17. The Hall–Kier alpha value is -1.95. The van der Waals surface area contributed by atoms with Gasteiger partial charge in [0.15, 0.2) is 0 Å². The van der Waals surface area contributed by atoms with Crippen molar-refractivity contribution in [2.75, 3.05) is 13.1 Å². The average Bonchev–Trinajstić information content (AvgIpc) is 2.30. The number of nitrogens with one attached hydrogen (secondary N) is 1. The first-order chi connectivity index (χ1) is 8.16. The molecule has 1 aliphatic heterocycles. The zero-order chi connectivity index (χ0) is 12.3. The molecule has 6 nitrogen and oxygen atoms in total. The van der Waals surface area contributed by atoms with Crippen LogP contribution in [0.5, 0.6) is 0 Å². The summed E-state index contributed by atoms with van der Waals surface area (Å²) in [5.74, 6) is -1.08. The van der Waals surface area contributed by atoms with Crippen molar-refractivity contribution in [3.63, 3.8) is 0 Å². The number of rotatable bonds is 3. The molecule has 90 valence electrons. The molecule has 1 fully saturated rings. The lowest BCUT2D eigenvalue weighted by Gasteiger charge is -2.32. The number of aromatic nitrogens is 1. The number of carbonyl (C=O) groups excluding carboxylic acids is 1. The fraction of sp³-hybridized carbons (Fsp3) is 0.364. The number of hydrogen-bond donors (Lipinski definition) is 2. The smallest absolute Gasteiger partial charge is 0.322 e. The van der Waals surface area contributed by atoms with Gasteiger partial charge in [0, 0.05) is 19.3 Å². The SMILES string of the molecule is O=C1CN(Cc2ccccn2)C(C(=O)O)CN1. The number of hydrogen-bond acceptors (Lipinski definition) is 4. The quantitative estimate of drug-likeness (QED) is 0.735. The van der Waals surface area contributed by atoms with E-state index in [0.29, 0.717) is 6.54 Å². The van der Waals surface area contributed by atoms with E-state index in [9.17, 15) is 9.59 Å². The van der Waals surface area contributed by atoms with Crippen LogP contribution >= 0.6 is 0 Å². The molecule has 1 saturated heterocycles. The van der Waals surface area contributed by atoms with Crippen LogP contribution in [0.4, 0.5) is 0 Å². The van der Waals surface area contributed by atoms with Crippen molar-refractivity contribution in [1.29, 1.82) is 0 Å². The van der Waals surface area contributed by atoms with Crippen molar-refractivity contribution in [3.05, 3.63) is 30.1 Å². The molecule has 1 amide bonds. The van der Waals surface area contributed by atoms with E-state index in [1.54, 1.807) is 17.2 Å². The van der Waals surface area contributed by atoms with Crippen LogP contribution in [-0.4, -0.2) is 46.0 Å². The van der Waals surface area contributed by atoms with E-state index in [2.05, 4.69) is 10.3 Å². The van der Waals surface area contributed by atoms with Crippen LogP contribution < -0.4 is 5.32 Å². The van der Waals surface area contributed by atoms with Crippen LogP contribution in [0.1, 0.15) is 5.69 Å². The third-order valence-electron chi connectivity index (χ3n) is 2.66. The molecule has 6 heteroatoms. The van der Waals surface area contributed by atoms with E-state index in [0.717, 1.165) is 5.69 Å². The number of nitrogens with zero attached hydrogens (tertiary/aromatic N) is 2. The van der Waals surface area contributed by atoms with Gasteiger partial charge in [-0.15, -0.1) is 0 Å². The number of carboxylic acid groups (broad SMARTS) is 1. The van der Waals surface area contributed by atoms with Crippen molar-refractivity contribution >= 4 is 11.9 Å². The molecule has 0 saturated carbocycles. The van der Waals surface area contributed by atoms with E-state index >= 15 is 0 Å². The monoisotopic (exact) mass is 235 g/mol. The second-order valence-corrected chi connectivity index (χ2v) is 3.88. The average molecular weight is 235 g/mol. The molecule has 1 aliphatic rings. The molecule has 0 bridgehead atoms. The van der Waals surface area contributed by atoms with Gasteiger partial charge in [0.1, 0.15) is 6.04 Å². The summed E-state index contributed by atoms with van der Waals surface area (Å²) in [7, 11) is 0. The number of carboxylic acids is 1. The molecule has 1 aromatic rings. The van der Waals surface area contributed by atoms with Crippen molar-refractivity contribution in [3.8, 4) is 0 Å². The summed E-state index contributed by atoms with van der Waals surface area (Å²) in [6.07, 6.45) is 1.65. The molecule has 1 aromatic heterocycles. The Balaban J connectivity index is 2.10. The van der Waals surface area contributed by atoms with Gasteiger partial charge in [-0.25, -0.2) is 0 Å². The fourth-order valence-corrected chi connectivity index (χ4v) is 1.80. The first-order valence-electron chi connectivity index (χ1n) is 5.30. The van der Waals surface area contributed by atoms with E-state index in [-0.39, 0.29) is 19.0 Å². The first kappa shape index (κ1) is 11.5. The van der Waals surface area contributed by atoms with Crippen LogP contribution in [0.2, 0.25) is 0 Å². The third-order valence-corrected chi connectivity index (χ3v) is 2.66. The molecule has 0 aliphatic carbocycles. The lowest BCUT2D eigenvalue weighted by molar-refractivity contribution is -0.146. The fourth-order valence-electron chi connectivity index (χ4n) is 1.80. The second kappa shape index (κ2) is 4.92. The number of carbonyl (C=O) groups is 2. The highest BCUT2D eigenvalue weighted by Crippen LogP contribution is 2.09. The molecular weight excluding hydrogens is 222 g/mol. The summed E-state index contributed by atoms with van der Waals surface area (Å²) < 4.78 is 0. The summed E-state index contributed by atoms with van der Waals surface area (Å²) in [4.78, 5) is 28.1. The highest BCUT2D eigenvalue weighted by atomic mass is 16.4. The molecule has 2 N–H and O–H groups in total. The van der Waals surface area contributed by atoms with Gasteiger partial charge in [0.05, 0.1) is 12.2 Å². The predicted molar refractivity (Wildman–Crippen MR) is 59.1 cm³/mol. The highest BCUT2D eigenvalue weighted by molar-refractivity contribution is 5.83. The zero-order valence-electron chi connectivity index (χ0n) is 9.17. The maximum atomic E-state index is 11.3. The normalized spacial score (nSPS) is 20.9. The lowest BCUT2D eigenvalue weighted by atomic mass is 10.1. The van der Waals surface area contributed by atoms with Gasteiger partial charge in [-0.1, -0.05) is 6.07 Å². The van der Waals surface area contributed by atoms with Crippen LogP contribution in [0.25, 0.3) is 0 Å². The standard InChI is InChI=1S/C11H13N3O3/c15-10-7-14(9(5-13-10)11(16)17)6-8-3-1-2-4-12-8/h1-4,9H,5-7H2,(H,13,15)(H,16,17). The van der Waals surface area contributed by atoms with Gasteiger partial charge >= 0.3 is 5.97 Å². The van der Waals surface area contributed by atoms with Crippen molar-refractivity contribution in [2.24, 2.45) is 0 Å². The van der Waals surface area contributed by atoms with Crippen LogP contribution in [-0.2, 0) is 16.1 Å². The lowest BCUT2D eigenvalue weighted by Crippen LogP contribution is -2.57. The third kappa shape index (κ3) is 2.79. The summed E-state index contributed by atoms with van der Waals surface area (Å²) in [6.45, 7) is 0.597. The van der Waals surface area contributed by atoms with Crippen molar-refractivity contribution < 1.29 is 14.7 Å². The van der Waals surface area contributed by atoms with Gasteiger partial charge in [-0.05, 0) is 12.1 Å². The molecule has 17 heavy (non-hydrogen) atoms.